The van der Waals surface area contributed by atoms with E-state index in [4.69, 9.17) is 15.9 Å². The van der Waals surface area contributed by atoms with Crippen molar-refractivity contribution in [2.24, 2.45) is 5.73 Å². The molecule has 0 spiro atoms. The summed E-state index contributed by atoms with van der Waals surface area (Å²) in [5.74, 6) is -4.93. The highest BCUT2D eigenvalue weighted by Crippen LogP contribution is 2.06. The predicted molar refractivity (Wildman–Crippen MR) is 116 cm³/mol. The Balaban J connectivity index is 3.00. The minimum atomic E-state index is -1.49. The second kappa shape index (κ2) is 13.1. The van der Waals surface area contributed by atoms with Crippen molar-refractivity contribution in [3.63, 3.8) is 0 Å². The molecule has 0 aliphatic rings. The van der Waals surface area contributed by atoms with Gasteiger partial charge in [-0.1, -0.05) is 30.3 Å². The molecule has 0 saturated heterocycles. The van der Waals surface area contributed by atoms with E-state index in [1.807, 2.05) is 0 Å². The summed E-state index contributed by atoms with van der Waals surface area (Å²) >= 11 is 0. The fourth-order valence-electron chi connectivity index (χ4n) is 2.77. The molecule has 0 heterocycles. The second-order valence-corrected chi connectivity index (χ2v) is 7.59. The van der Waals surface area contributed by atoms with Gasteiger partial charge in [-0.05, 0) is 25.8 Å². The predicted octanol–water partition coefficient (Wildman–Crippen LogP) is -1.64. The van der Waals surface area contributed by atoms with E-state index in [1.165, 1.54) is 13.8 Å². The van der Waals surface area contributed by atoms with Crippen molar-refractivity contribution in [3.05, 3.63) is 35.9 Å². The van der Waals surface area contributed by atoms with Crippen molar-refractivity contribution in [2.75, 3.05) is 0 Å². The second-order valence-electron chi connectivity index (χ2n) is 7.59. The number of carboxylic acids is 2. The number of aliphatic carboxylic acids is 2. The van der Waals surface area contributed by atoms with Crippen molar-refractivity contribution in [1.82, 2.24) is 16.0 Å². The number of hydrogen-bond donors (Lipinski definition) is 7. The van der Waals surface area contributed by atoms with Crippen LogP contribution in [0, 0.1) is 0 Å². The largest absolute Gasteiger partial charge is 0.481 e. The van der Waals surface area contributed by atoms with E-state index in [1.54, 1.807) is 30.3 Å². The van der Waals surface area contributed by atoms with E-state index in [-0.39, 0.29) is 19.3 Å². The van der Waals surface area contributed by atoms with Crippen LogP contribution in [-0.2, 0) is 30.4 Å². The third kappa shape index (κ3) is 9.66. The van der Waals surface area contributed by atoms with Crippen molar-refractivity contribution >= 4 is 29.7 Å². The molecule has 12 heteroatoms. The van der Waals surface area contributed by atoms with Gasteiger partial charge in [0.1, 0.15) is 18.1 Å². The lowest BCUT2D eigenvalue weighted by molar-refractivity contribution is -0.142. The number of nitrogens with two attached hydrogens (primary N) is 1. The van der Waals surface area contributed by atoms with Crippen molar-refractivity contribution in [3.8, 4) is 0 Å². The molecule has 182 valence electrons. The number of rotatable bonds is 13. The highest BCUT2D eigenvalue weighted by Gasteiger charge is 2.32. The van der Waals surface area contributed by atoms with E-state index in [9.17, 15) is 29.1 Å². The van der Waals surface area contributed by atoms with E-state index in [2.05, 4.69) is 16.0 Å². The first-order chi connectivity index (χ1) is 15.4. The SMILES string of the molecule is CC(NC(=O)C(NC(=O)C(Cc1ccccc1)NC(=O)C(N)CCC(=O)O)C(C)O)C(=O)O. The van der Waals surface area contributed by atoms with Crippen molar-refractivity contribution in [1.29, 1.82) is 0 Å². The Morgan fingerprint density at radius 2 is 1.52 bits per heavy atom. The van der Waals surface area contributed by atoms with Gasteiger partial charge in [0.25, 0.3) is 0 Å². The molecule has 8 N–H and O–H groups in total. The Morgan fingerprint density at radius 3 is 2.03 bits per heavy atom. The smallest absolute Gasteiger partial charge is 0.325 e. The minimum absolute atomic E-state index is 0.0176. The maximum absolute atomic E-state index is 12.9. The quantitative estimate of drug-likeness (QED) is 0.178. The van der Waals surface area contributed by atoms with E-state index < -0.39 is 59.9 Å². The molecule has 0 aromatic heterocycles. The number of carbonyl (C=O) groups is 5. The molecule has 0 bridgehead atoms. The van der Waals surface area contributed by atoms with Gasteiger partial charge in [-0.15, -0.1) is 0 Å². The molecule has 1 rings (SSSR count). The Labute approximate surface area is 190 Å². The fourth-order valence-corrected chi connectivity index (χ4v) is 2.77. The normalized spacial score (nSPS) is 15.3. The lowest BCUT2D eigenvalue weighted by Gasteiger charge is -2.26. The van der Waals surface area contributed by atoms with E-state index in [0.29, 0.717) is 5.56 Å². The van der Waals surface area contributed by atoms with Crippen LogP contribution in [0.3, 0.4) is 0 Å². The van der Waals surface area contributed by atoms with Gasteiger partial charge < -0.3 is 37.0 Å². The summed E-state index contributed by atoms with van der Waals surface area (Å²) in [5.41, 5.74) is 6.40. The van der Waals surface area contributed by atoms with Crippen LogP contribution in [0.25, 0.3) is 0 Å². The summed E-state index contributed by atoms with van der Waals surface area (Å²) in [7, 11) is 0. The van der Waals surface area contributed by atoms with Gasteiger partial charge in [-0.3, -0.25) is 24.0 Å². The highest BCUT2D eigenvalue weighted by atomic mass is 16.4. The van der Waals surface area contributed by atoms with Gasteiger partial charge in [-0.25, -0.2) is 0 Å². The Hall–Kier alpha value is -3.51. The molecule has 0 aliphatic heterocycles. The zero-order valence-electron chi connectivity index (χ0n) is 18.4. The Kier molecular flexibility index (Phi) is 11.0. The number of nitrogens with one attached hydrogen (secondary N) is 3. The van der Waals surface area contributed by atoms with Crippen LogP contribution in [0.1, 0.15) is 32.3 Å². The van der Waals surface area contributed by atoms with E-state index >= 15 is 0 Å². The van der Waals surface area contributed by atoms with Gasteiger partial charge in [0, 0.05) is 12.8 Å². The molecule has 33 heavy (non-hydrogen) atoms. The number of amides is 3. The first-order valence-electron chi connectivity index (χ1n) is 10.3. The molecular weight excluding hydrogens is 436 g/mol. The van der Waals surface area contributed by atoms with Gasteiger partial charge in [0.05, 0.1) is 12.1 Å². The molecule has 0 radical (unpaired) electrons. The topological polar surface area (TPSA) is 208 Å². The summed E-state index contributed by atoms with van der Waals surface area (Å²) in [6, 6.07) is 3.50. The summed E-state index contributed by atoms with van der Waals surface area (Å²) in [6.07, 6.45) is -1.84. The van der Waals surface area contributed by atoms with Crippen LogP contribution in [-0.4, -0.2) is 75.3 Å². The fraction of sp³-hybridized carbons (Fsp3) is 0.476. The number of carbonyl (C=O) groups excluding carboxylic acids is 3. The molecule has 0 fully saturated rings. The zero-order chi connectivity index (χ0) is 25.1. The summed E-state index contributed by atoms with van der Waals surface area (Å²) < 4.78 is 0. The van der Waals surface area contributed by atoms with Crippen molar-refractivity contribution in [2.45, 2.75) is 63.4 Å². The maximum atomic E-state index is 12.9. The maximum Gasteiger partial charge on any atom is 0.325 e. The first kappa shape index (κ1) is 27.5. The van der Waals surface area contributed by atoms with Crippen LogP contribution in [0.5, 0.6) is 0 Å². The molecule has 5 atom stereocenters. The molecule has 1 aromatic rings. The molecule has 12 nitrogen and oxygen atoms in total. The van der Waals surface area contributed by atoms with Gasteiger partial charge in [-0.2, -0.15) is 0 Å². The molecule has 5 unspecified atom stereocenters. The molecule has 1 aromatic carbocycles. The number of hydrogen-bond acceptors (Lipinski definition) is 7. The third-order valence-corrected chi connectivity index (χ3v) is 4.71. The Morgan fingerprint density at radius 1 is 0.909 bits per heavy atom. The van der Waals surface area contributed by atoms with Gasteiger partial charge in [0.15, 0.2) is 0 Å². The summed E-state index contributed by atoms with van der Waals surface area (Å²) in [5, 5.41) is 34.6. The first-order valence-corrected chi connectivity index (χ1v) is 10.3. The molecular formula is C21H30N4O8. The molecule has 0 saturated carbocycles. The lowest BCUT2D eigenvalue weighted by atomic mass is 10.0. The van der Waals surface area contributed by atoms with Crippen LogP contribution < -0.4 is 21.7 Å². The van der Waals surface area contributed by atoms with Crippen molar-refractivity contribution < 1.29 is 39.3 Å². The standard InChI is InChI=1S/C21H30N4O8/c1-11(21(32)33)23-20(31)17(12(2)26)25-19(30)15(10-13-6-4-3-5-7-13)24-18(29)14(22)8-9-16(27)28/h3-7,11-12,14-15,17,26H,8-10,22H2,1-2H3,(H,23,31)(H,24,29)(H,25,30)(H,27,28)(H,32,33). The summed E-state index contributed by atoms with van der Waals surface area (Å²) in [4.78, 5) is 59.5. The third-order valence-electron chi connectivity index (χ3n) is 4.71. The highest BCUT2D eigenvalue weighted by molar-refractivity contribution is 5.94. The monoisotopic (exact) mass is 466 g/mol. The molecule has 3 amide bonds. The summed E-state index contributed by atoms with van der Waals surface area (Å²) in [6.45, 7) is 2.46. The van der Waals surface area contributed by atoms with Crippen LogP contribution in [0.2, 0.25) is 0 Å². The lowest BCUT2D eigenvalue weighted by Crippen LogP contribution is -2.60. The average Bonchev–Trinajstić information content (AvgIpc) is 2.75. The van der Waals surface area contributed by atoms with Crippen LogP contribution in [0.4, 0.5) is 0 Å². The zero-order valence-corrected chi connectivity index (χ0v) is 18.4. The van der Waals surface area contributed by atoms with Gasteiger partial charge >= 0.3 is 11.9 Å². The van der Waals surface area contributed by atoms with Crippen LogP contribution in [0.15, 0.2) is 30.3 Å². The molecule has 0 aliphatic carbocycles. The number of carboxylic acid groups (broad SMARTS) is 2. The van der Waals surface area contributed by atoms with Gasteiger partial charge in [0.2, 0.25) is 17.7 Å². The van der Waals surface area contributed by atoms with Crippen LogP contribution >= 0.6 is 0 Å². The number of aliphatic hydroxyl groups excluding tert-OH is 1. The average molecular weight is 466 g/mol. The minimum Gasteiger partial charge on any atom is -0.481 e. The number of aliphatic hydroxyl groups is 1. The Bertz CT molecular complexity index is 846. The number of benzene rings is 1. The van der Waals surface area contributed by atoms with E-state index in [0.717, 1.165) is 0 Å².